The van der Waals surface area contributed by atoms with Crippen molar-refractivity contribution in [1.82, 2.24) is 5.32 Å². The van der Waals surface area contributed by atoms with Gasteiger partial charge in [-0.2, -0.15) is 0 Å². The second kappa shape index (κ2) is 26.7. The molecule has 0 rings (SSSR count). The molecular weight excluding hydrogens is 422 g/mol. The summed E-state index contributed by atoms with van der Waals surface area (Å²) < 4.78 is 0. The monoisotopic (exact) mass is 481 g/mol. The van der Waals surface area contributed by atoms with E-state index in [-0.39, 0.29) is 12.5 Å². The zero-order valence-electron chi connectivity index (χ0n) is 22.9. The third kappa shape index (κ3) is 22.9. The largest absolute Gasteiger partial charge is 0.394 e. The lowest BCUT2D eigenvalue weighted by Gasteiger charge is -2.20. The number of carbonyl (C=O) groups excluding carboxylic acids is 1. The van der Waals surface area contributed by atoms with Gasteiger partial charge in [-0.15, -0.1) is 0 Å². The van der Waals surface area contributed by atoms with Crippen molar-refractivity contribution in [3.8, 4) is 0 Å². The summed E-state index contributed by atoms with van der Waals surface area (Å²) in [6.07, 6.45) is 30.0. The van der Waals surface area contributed by atoms with Crippen LogP contribution in [0.4, 0.5) is 0 Å². The molecule has 0 aromatic heterocycles. The summed E-state index contributed by atoms with van der Waals surface area (Å²) in [5.41, 5.74) is 0. The first kappa shape index (κ1) is 33.1. The average Bonchev–Trinajstić information content (AvgIpc) is 2.84. The Labute approximate surface area is 212 Å². The maximum atomic E-state index is 12.2. The summed E-state index contributed by atoms with van der Waals surface area (Å²) in [6, 6.07) is -0.611. The highest BCUT2D eigenvalue weighted by atomic mass is 16.3. The molecule has 0 aromatic carbocycles. The quantitative estimate of drug-likeness (QED) is 0.0865. The van der Waals surface area contributed by atoms with Crippen LogP contribution in [0, 0.1) is 0 Å². The summed E-state index contributed by atoms with van der Waals surface area (Å²) >= 11 is 0. The van der Waals surface area contributed by atoms with Crippen LogP contribution in [-0.4, -0.2) is 34.9 Å². The topological polar surface area (TPSA) is 69.6 Å². The van der Waals surface area contributed by atoms with Gasteiger partial charge in [0.25, 0.3) is 0 Å². The summed E-state index contributed by atoms with van der Waals surface area (Å²) in [5.74, 6) is -0.0682. The average molecular weight is 482 g/mol. The number of amides is 1. The molecule has 0 saturated heterocycles. The molecule has 1 amide bonds. The third-order valence-electron chi connectivity index (χ3n) is 6.77. The summed E-state index contributed by atoms with van der Waals surface area (Å²) in [5, 5.41) is 22.6. The number of nitrogens with one attached hydrogen (secondary N) is 1. The smallest absolute Gasteiger partial charge is 0.220 e. The number of unbranched alkanes of at least 4 members (excludes halogenated alkanes) is 19. The summed E-state index contributed by atoms with van der Waals surface area (Å²) in [4.78, 5) is 12.2. The number of aliphatic hydroxyl groups excluding tert-OH is 2. The molecule has 202 valence electrons. The van der Waals surface area contributed by atoms with E-state index >= 15 is 0 Å². The number of aliphatic hydroxyl groups is 2. The molecule has 0 bridgehead atoms. The van der Waals surface area contributed by atoms with Crippen LogP contribution in [0.25, 0.3) is 0 Å². The van der Waals surface area contributed by atoms with Gasteiger partial charge in [-0.3, -0.25) is 4.79 Å². The Balaban J connectivity index is 3.63. The Morgan fingerprint density at radius 2 is 1.09 bits per heavy atom. The Bertz CT molecular complexity index is 452. The van der Waals surface area contributed by atoms with Crippen LogP contribution in [0.3, 0.4) is 0 Å². The maximum absolute atomic E-state index is 12.2. The molecule has 0 heterocycles. The highest BCUT2D eigenvalue weighted by Crippen LogP contribution is 2.13. The molecule has 34 heavy (non-hydrogen) atoms. The van der Waals surface area contributed by atoms with Crippen molar-refractivity contribution in [2.75, 3.05) is 6.61 Å². The first-order valence-electron chi connectivity index (χ1n) is 14.9. The van der Waals surface area contributed by atoms with Gasteiger partial charge >= 0.3 is 0 Å². The molecular formula is C30H59NO3. The highest BCUT2D eigenvalue weighted by Gasteiger charge is 2.17. The normalized spacial score (nSPS) is 13.4. The van der Waals surface area contributed by atoms with Crippen LogP contribution in [0.1, 0.15) is 155 Å². The second-order valence-electron chi connectivity index (χ2n) is 10.2. The first-order valence-corrected chi connectivity index (χ1v) is 14.9. The Kier molecular flexibility index (Phi) is 26.0. The van der Waals surface area contributed by atoms with Crippen LogP contribution < -0.4 is 5.32 Å². The van der Waals surface area contributed by atoms with Crippen molar-refractivity contribution >= 4 is 5.91 Å². The van der Waals surface area contributed by atoms with E-state index in [0.717, 1.165) is 25.7 Å². The predicted molar refractivity (Wildman–Crippen MR) is 147 cm³/mol. The van der Waals surface area contributed by atoms with Crippen molar-refractivity contribution < 1.29 is 15.0 Å². The van der Waals surface area contributed by atoms with Gasteiger partial charge in [-0.25, -0.2) is 0 Å². The van der Waals surface area contributed by atoms with Crippen LogP contribution in [0.2, 0.25) is 0 Å². The maximum Gasteiger partial charge on any atom is 0.220 e. The number of hydrogen-bond acceptors (Lipinski definition) is 3. The third-order valence-corrected chi connectivity index (χ3v) is 6.77. The predicted octanol–water partition coefficient (Wildman–Crippen LogP) is 8.00. The van der Waals surface area contributed by atoms with Gasteiger partial charge in [-0.05, 0) is 19.3 Å². The molecule has 4 nitrogen and oxygen atoms in total. The zero-order valence-corrected chi connectivity index (χ0v) is 22.9. The molecule has 0 fully saturated rings. The fourth-order valence-electron chi connectivity index (χ4n) is 4.41. The van der Waals surface area contributed by atoms with Crippen LogP contribution in [0.15, 0.2) is 12.2 Å². The van der Waals surface area contributed by atoms with Gasteiger partial charge in [0.05, 0.1) is 18.8 Å². The molecule has 3 N–H and O–H groups in total. The van der Waals surface area contributed by atoms with Crippen molar-refractivity contribution in [3.05, 3.63) is 12.2 Å². The van der Waals surface area contributed by atoms with Crippen molar-refractivity contribution in [2.45, 2.75) is 167 Å². The van der Waals surface area contributed by atoms with Gasteiger partial charge in [0.1, 0.15) is 0 Å². The minimum atomic E-state index is -0.828. The molecule has 2 unspecified atom stereocenters. The minimum Gasteiger partial charge on any atom is -0.394 e. The van der Waals surface area contributed by atoms with E-state index in [1.807, 2.05) is 6.08 Å². The van der Waals surface area contributed by atoms with Gasteiger partial charge in [0.2, 0.25) is 5.91 Å². The lowest BCUT2D eigenvalue weighted by molar-refractivity contribution is -0.123. The highest BCUT2D eigenvalue weighted by molar-refractivity contribution is 5.76. The van der Waals surface area contributed by atoms with Gasteiger partial charge in [0.15, 0.2) is 0 Å². The van der Waals surface area contributed by atoms with Crippen molar-refractivity contribution in [1.29, 1.82) is 0 Å². The van der Waals surface area contributed by atoms with Crippen LogP contribution in [0.5, 0.6) is 0 Å². The van der Waals surface area contributed by atoms with Crippen LogP contribution >= 0.6 is 0 Å². The fraction of sp³-hybridized carbons (Fsp3) is 0.900. The molecule has 0 aromatic rings. The molecule has 0 aliphatic carbocycles. The number of allylic oxidation sites excluding steroid dienone is 1. The summed E-state index contributed by atoms with van der Waals surface area (Å²) in [7, 11) is 0. The lowest BCUT2D eigenvalue weighted by atomic mass is 10.0. The molecule has 0 saturated carbocycles. The zero-order chi connectivity index (χ0) is 25.1. The second-order valence-corrected chi connectivity index (χ2v) is 10.2. The Hall–Kier alpha value is -0.870. The van der Waals surface area contributed by atoms with Gasteiger partial charge < -0.3 is 15.5 Å². The minimum absolute atomic E-state index is 0.0682. The SMILES string of the molecule is CCCCCCCC/C=C/C(O)C(CO)NC(=O)CCCCCCCCCCCCCCCC. The molecule has 0 aliphatic rings. The van der Waals surface area contributed by atoms with Crippen molar-refractivity contribution in [3.63, 3.8) is 0 Å². The molecule has 4 heteroatoms. The van der Waals surface area contributed by atoms with E-state index in [9.17, 15) is 15.0 Å². The van der Waals surface area contributed by atoms with E-state index < -0.39 is 12.1 Å². The van der Waals surface area contributed by atoms with Gasteiger partial charge in [-0.1, -0.05) is 142 Å². The van der Waals surface area contributed by atoms with E-state index in [4.69, 9.17) is 0 Å². The van der Waals surface area contributed by atoms with E-state index in [0.29, 0.717) is 6.42 Å². The standard InChI is InChI=1S/C30H59NO3/c1-3-5-7-9-11-13-14-15-16-17-18-20-22-24-26-30(34)31-28(27-32)29(33)25-23-21-19-12-10-8-6-4-2/h23,25,28-29,32-33H,3-22,24,26-27H2,1-2H3,(H,31,34)/b25-23+. The molecule has 0 radical (unpaired) electrons. The number of rotatable bonds is 26. The Morgan fingerprint density at radius 1 is 0.676 bits per heavy atom. The first-order chi connectivity index (χ1) is 16.7. The number of hydrogen-bond donors (Lipinski definition) is 3. The molecule has 0 spiro atoms. The fourth-order valence-corrected chi connectivity index (χ4v) is 4.41. The summed E-state index contributed by atoms with van der Waals surface area (Å²) in [6.45, 7) is 4.25. The molecule has 0 aliphatic heterocycles. The van der Waals surface area contributed by atoms with Gasteiger partial charge in [0, 0.05) is 6.42 Å². The van der Waals surface area contributed by atoms with E-state index in [1.165, 1.54) is 109 Å². The van der Waals surface area contributed by atoms with E-state index in [1.54, 1.807) is 6.08 Å². The van der Waals surface area contributed by atoms with Crippen molar-refractivity contribution in [2.24, 2.45) is 0 Å². The van der Waals surface area contributed by atoms with E-state index in [2.05, 4.69) is 19.2 Å². The Morgan fingerprint density at radius 3 is 1.53 bits per heavy atom. The molecule has 2 atom stereocenters. The lowest BCUT2D eigenvalue weighted by Crippen LogP contribution is -2.45. The van der Waals surface area contributed by atoms with Crippen LogP contribution in [-0.2, 0) is 4.79 Å². The number of carbonyl (C=O) groups is 1.